The van der Waals surface area contributed by atoms with Crippen molar-refractivity contribution < 1.29 is 9.59 Å². The summed E-state index contributed by atoms with van der Waals surface area (Å²) in [4.78, 5) is 26.5. The van der Waals surface area contributed by atoms with E-state index in [2.05, 4.69) is 0 Å². The number of hydrogen-bond acceptors (Lipinski definition) is 2. The van der Waals surface area contributed by atoms with Crippen molar-refractivity contribution in [3.8, 4) is 0 Å². The van der Waals surface area contributed by atoms with Crippen molar-refractivity contribution >= 4 is 17.5 Å². The first kappa shape index (κ1) is 9.71. The van der Waals surface area contributed by atoms with Gasteiger partial charge in [-0.25, -0.2) is 0 Å². The van der Waals surface area contributed by atoms with E-state index in [-0.39, 0.29) is 18.4 Å². The van der Waals surface area contributed by atoms with Crippen LogP contribution in [0.1, 0.15) is 10.4 Å². The number of likely N-dealkylation sites (N-methyl/N-ethyl adjacent to an activating group) is 2. The lowest BCUT2D eigenvalue weighted by Crippen LogP contribution is -2.35. The number of hydrogen-bond donors (Lipinski definition) is 0. The maximum Gasteiger partial charge on any atom is 0.256 e. The Morgan fingerprint density at radius 2 is 1.80 bits per heavy atom. The Balaban J connectivity index is 2.59. The van der Waals surface area contributed by atoms with E-state index in [9.17, 15) is 9.59 Å². The van der Waals surface area contributed by atoms with E-state index < -0.39 is 0 Å². The molecule has 0 unspecified atom stereocenters. The number of anilines is 1. The van der Waals surface area contributed by atoms with Gasteiger partial charge in [0.05, 0.1) is 11.3 Å². The molecular formula is C11H12N2O2. The molecule has 0 aromatic heterocycles. The van der Waals surface area contributed by atoms with Crippen LogP contribution >= 0.6 is 0 Å². The summed E-state index contributed by atoms with van der Waals surface area (Å²) in [5.41, 5.74) is 1.25. The Hall–Kier alpha value is -1.84. The van der Waals surface area contributed by atoms with Crippen LogP contribution in [0.25, 0.3) is 0 Å². The second-order valence-electron chi connectivity index (χ2n) is 3.63. The predicted octanol–water partition coefficient (Wildman–Crippen LogP) is 0.735. The van der Waals surface area contributed by atoms with Crippen molar-refractivity contribution in [3.63, 3.8) is 0 Å². The smallest absolute Gasteiger partial charge is 0.256 e. The summed E-state index contributed by atoms with van der Waals surface area (Å²) in [5.74, 6) is -0.181. The Bertz CT molecular complexity index is 428. The molecule has 1 aromatic rings. The third kappa shape index (κ3) is 1.48. The lowest BCUT2D eigenvalue weighted by atomic mass is 10.1. The number of amides is 2. The van der Waals surface area contributed by atoms with Crippen molar-refractivity contribution in [1.82, 2.24) is 4.90 Å². The van der Waals surface area contributed by atoms with Crippen LogP contribution in [0, 0.1) is 0 Å². The molecule has 0 saturated carbocycles. The highest BCUT2D eigenvalue weighted by molar-refractivity contribution is 6.09. The van der Waals surface area contributed by atoms with Crippen LogP contribution in [0.3, 0.4) is 0 Å². The van der Waals surface area contributed by atoms with E-state index in [0.717, 1.165) is 0 Å². The predicted molar refractivity (Wildman–Crippen MR) is 56.8 cm³/mol. The number of carbonyl (C=O) groups is 2. The monoisotopic (exact) mass is 204 g/mol. The molecular weight excluding hydrogens is 192 g/mol. The Kier molecular flexibility index (Phi) is 2.19. The summed E-state index contributed by atoms with van der Waals surface area (Å²) in [6, 6.07) is 7.14. The van der Waals surface area contributed by atoms with Crippen LogP contribution in [0.15, 0.2) is 24.3 Å². The lowest BCUT2D eigenvalue weighted by Gasteiger charge is -2.15. The van der Waals surface area contributed by atoms with Crippen LogP contribution in [0.5, 0.6) is 0 Å². The SMILES string of the molecule is CN1CC(=O)N(C)c2ccccc2C1=O. The van der Waals surface area contributed by atoms with Gasteiger partial charge in [0.1, 0.15) is 6.54 Å². The van der Waals surface area contributed by atoms with Crippen LogP contribution < -0.4 is 4.90 Å². The number of fused-ring (bicyclic) bond motifs is 1. The summed E-state index contributed by atoms with van der Waals surface area (Å²) in [6.07, 6.45) is 0. The van der Waals surface area contributed by atoms with Gasteiger partial charge in [-0.05, 0) is 12.1 Å². The van der Waals surface area contributed by atoms with Gasteiger partial charge in [0.25, 0.3) is 5.91 Å². The van der Waals surface area contributed by atoms with Gasteiger partial charge >= 0.3 is 0 Å². The third-order valence-corrected chi connectivity index (χ3v) is 2.59. The van der Waals surface area contributed by atoms with Crippen molar-refractivity contribution in [2.75, 3.05) is 25.5 Å². The van der Waals surface area contributed by atoms with E-state index in [1.165, 1.54) is 9.80 Å². The first-order valence-corrected chi connectivity index (χ1v) is 4.72. The van der Waals surface area contributed by atoms with Gasteiger partial charge in [0, 0.05) is 14.1 Å². The molecule has 1 aromatic carbocycles. The van der Waals surface area contributed by atoms with Crippen LogP contribution in [-0.4, -0.2) is 37.4 Å². The van der Waals surface area contributed by atoms with Gasteiger partial charge < -0.3 is 9.80 Å². The van der Waals surface area contributed by atoms with E-state index in [1.54, 1.807) is 32.3 Å². The molecule has 15 heavy (non-hydrogen) atoms. The molecule has 2 amide bonds. The minimum absolute atomic E-state index is 0.0733. The summed E-state index contributed by atoms with van der Waals surface area (Å²) in [5, 5.41) is 0. The highest BCUT2D eigenvalue weighted by atomic mass is 16.2. The molecule has 0 N–H and O–H groups in total. The van der Waals surface area contributed by atoms with Crippen LogP contribution in [-0.2, 0) is 4.79 Å². The van der Waals surface area contributed by atoms with Gasteiger partial charge in [-0.1, -0.05) is 12.1 Å². The van der Waals surface area contributed by atoms with Gasteiger partial charge in [0.15, 0.2) is 0 Å². The average molecular weight is 204 g/mol. The second kappa shape index (κ2) is 3.38. The molecule has 0 fully saturated rings. The van der Waals surface area contributed by atoms with E-state index in [1.807, 2.05) is 6.07 Å². The molecule has 0 spiro atoms. The van der Waals surface area contributed by atoms with Gasteiger partial charge in [-0.2, -0.15) is 0 Å². The quantitative estimate of drug-likeness (QED) is 0.625. The van der Waals surface area contributed by atoms with E-state index in [0.29, 0.717) is 11.3 Å². The molecule has 0 saturated heterocycles. The summed E-state index contributed by atoms with van der Waals surface area (Å²) in [7, 11) is 3.32. The molecule has 0 bridgehead atoms. The summed E-state index contributed by atoms with van der Waals surface area (Å²) >= 11 is 0. The maximum atomic E-state index is 11.9. The van der Waals surface area contributed by atoms with Crippen LogP contribution in [0.4, 0.5) is 5.69 Å². The third-order valence-electron chi connectivity index (χ3n) is 2.59. The Labute approximate surface area is 88.1 Å². The topological polar surface area (TPSA) is 40.6 Å². The fourth-order valence-electron chi connectivity index (χ4n) is 1.67. The fraction of sp³-hybridized carbons (Fsp3) is 0.273. The standard InChI is InChI=1S/C11H12N2O2/c1-12-7-10(14)13(2)9-6-4-3-5-8(9)11(12)15/h3-6H,7H2,1-2H3. The number of rotatable bonds is 0. The average Bonchev–Trinajstić information content (AvgIpc) is 2.33. The zero-order valence-electron chi connectivity index (χ0n) is 8.73. The van der Waals surface area contributed by atoms with Crippen molar-refractivity contribution in [2.45, 2.75) is 0 Å². The van der Waals surface area contributed by atoms with Gasteiger partial charge in [-0.3, -0.25) is 9.59 Å². The molecule has 78 valence electrons. The molecule has 4 nitrogen and oxygen atoms in total. The maximum absolute atomic E-state index is 11.9. The number of benzene rings is 1. The zero-order valence-corrected chi connectivity index (χ0v) is 8.73. The number of carbonyl (C=O) groups excluding carboxylic acids is 2. The first-order valence-electron chi connectivity index (χ1n) is 4.72. The van der Waals surface area contributed by atoms with E-state index >= 15 is 0 Å². The number of para-hydroxylation sites is 1. The molecule has 1 heterocycles. The molecule has 0 aliphatic carbocycles. The van der Waals surface area contributed by atoms with Gasteiger partial charge in [-0.15, -0.1) is 0 Å². The molecule has 1 aliphatic heterocycles. The minimum atomic E-state index is -0.108. The zero-order chi connectivity index (χ0) is 11.0. The van der Waals surface area contributed by atoms with Crippen molar-refractivity contribution in [1.29, 1.82) is 0 Å². The number of nitrogens with zero attached hydrogens (tertiary/aromatic N) is 2. The van der Waals surface area contributed by atoms with Crippen LogP contribution in [0.2, 0.25) is 0 Å². The Morgan fingerprint density at radius 1 is 1.13 bits per heavy atom. The largest absolute Gasteiger partial charge is 0.332 e. The normalized spacial score (nSPS) is 16.4. The molecule has 4 heteroatoms. The fourth-order valence-corrected chi connectivity index (χ4v) is 1.67. The highest BCUT2D eigenvalue weighted by Crippen LogP contribution is 2.23. The molecule has 2 rings (SSSR count). The summed E-state index contributed by atoms with van der Waals surface area (Å²) < 4.78 is 0. The molecule has 1 aliphatic rings. The van der Waals surface area contributed by atoms with Crippen molar-refractivity contribution in [2.24, 2.45) is 0 Å². The highest BCUT2D eigenvalue weighted by Gasteiger charge is 2.26. The minimum Gasteiger partial charge on any atom is -0.332 e. The first-order chi connectivity index (χ1) is 7.11. The van der Waals surface area contributed by atoms with E-state index in [4.69, 9.17) is 0 Å². The molecule has 0 atom stereocenters. The van der Waals surface area contributed by atoms with Gasteiger partial charge in [0.2, 0.25) is 5.91 Å². The van der Waals surface area contributed by atoms with Crippen molar-refractivity contribution in [3.05, 3.63) is 29.8 Å². The summed E-state index contributed by atoms with van der Waals surface area (Å²) in [6.45, 7) is 0.129. The molecule has 0 radical (unpaired) electrons. The lowest BCUT2D eigenvalue weighted by molar-refractivity contribution is -0.118. The Morgan fingerprint density at radius 3 is 2.53 bits per heavy atom. The second-order valence-corrected chi connectivity index (χ2v) is 3.63.